The Morgan fingerprint density at radius 3 is 2.60 bits per heavy atom. The van der Waals surface area contributed by atoms with Crippen LogP contribution in [0.3, 0.4) is 0 Å². The molecule has 0 spiro atoms. The van der Waals surface area contributed by atoms with Gasteiger partial charge in [0.15, 0.2) is 0 Å². The Kier molecular flexibility index (Phi) is 6.62. The van der Waals surface area contributed by atoms with E-state index in [-0.39, 0.29) is 11.5 Å². The first-order chi connectivity index (χ1) is 11.9. The Morgan fingerprint density at radius 1 is 1.24 bits per heavy atom. The molecule has 0 saturated heterocycles. The van der Waals surface area contributed by atoms with Gasteiger partial charge in [0.2, 0.25) is 0 Å². The standard InChI is InChI=1S/C20H29N3O2/c1-5-6-13-25-19(24)21-12-11-18-22-14-17(23-18)15-7-9-16(10-8-15)20(2,3)4/h7-10,14H,5-6,11-13H2,1-4H3,(H,21,24)(H,22,23). The predicted molar refractivity (Wildman–Crippen MR) is 101 cm³/mol. The minimum absolute atomic E-state index is 0.148. The van der Waals surface area contributed by atoms with Gasteiger partial charge in [0.25, 0.3) is 0 Å². The number of benzene rings is 1. The molecule has 0 aliphatic carbocycles. The van der Waals surface area contributed by atoms with E-state index in [4.69, 9.17) is 4.74 Å². The fourth-order valence-electron chi connectivity index (χ4n) is 2.43. The fourth-order valence-corrected chi connectivity index (χ4v) is 2.43. The number of alkyl carbamates (subject to hydrolysis) is 1. The molecule has 1 heterocycles. The highest BCUT2D eigenvalue weighted by Crippen LogP contribution is 2.25. The molecule has 0 aliphatic heterocycles. The second-order valence-corrected chi connectivity index (χ2v) is 7.24. The Bertz CT molecular complexity index is 669. The number of aromatic amines is 1. The highest BCUT2D eigenvalue weighted by molar-refractivity contribution is 5.67. The first kappa shape index (κ1) is 19.0. The third-order valence-corrected chi connectivity index (χ3v) is 4.05. The van der Waals surface area contributed by atoms with Crippen LogP contribution in [0.25, 0.3) is 11.3 Å². The largest absolute Gasteiger partial charge is 0.450 e. The number of ether oxygens (including phenoxy) is 1. The van der Waals surface area contributed by atoms with Gasteiger partial charge in [0.05, 0.1) is 18.5 Å². The maximum absolute atomic E-state index is 11.5. The lowest BCUT2D eigenvalue weighted by Crippen LogP contribution is -2.27. The number of aromatic nitrogens is 2. The zero-order valence-corrected chi connectivity index (χ0v) is 15.7. The summed E-state index contributed by atoms with van der Waals surface area (Å²) in [7, 11) is 0. The van der Waals surface area contributed by atoms with Gasteiger partial charge in [-0.3, -0.25) is 0 Å². The number of hydrogen-bond acceptors (Lipinski definition) is 3. The van der Waals surface area contributed by atoms with Gasteiger partial charge in [-0.1, -0.05) is 58.4 Å². The molecule has 0 radical (unpaired) electrons. The summed E-state index contributed by atoms with van der Waals surface area (Å²) < 4.78 is 5.05. The molecule has 0 bridgehead atoms. The molecule has 0 fully saturated rings. The van der Waals surface area contributed by atoms with Gasteiger partial charge in [-0.25, -0.2) is 9.78 Å². The lowest BCUT2D eigenvalue weighted by molar-refractivity contribution is 0.144. The maximum Gasteiger partial charge on any atom is 0.407 e. The second-order valence-electron chi connectivity index (χ2n) is 7.24. The van der Waals surface area contributed by atoms with Crippen molar-refractivity contribution in [3.05, 3.63) is 41.9 Å². The molecule has 5 nitrogen and oxygen atoms in total. The minimum Gasteiger partial charge on any atom is -0.450 e. The third kappa shape index (κ3) is 5.93. The maximum atomic E-state index is 11.5. The van der Waals surface area contributed by atoms with E-state index in [1.165, 1.54) is 5.56 Å². The van der Waals surface area contributed by atoms with Crippen molar-refractivity contribution < 1.29 is 9.53 Å². The molecule has 0 saturated carbocycles. The molecule has 0 atom stereocenters. The van der Waals surface area contributed by atoms with Crippen molar-refractivity contribution in [2.75, 3.05) is 13.2 Å². The van der Waals surface area contributed by atoms with Crippen LogP contribution in [0.2, 0.25) is 0 Å². The number of nitrogens with one attached hydrogen (secondary N) is 2. The van der Waals surface area contributed by atoms with E-state index >= 15 is 0 Å². The van der Waals surface area contributed by atoms with E-state index in [2.05, 4.69) is 67.2 Å². The number of carbonyl (C=O) groups excluding carboxylic acids is 1. The van der Waals surface area contributed by atoms with Crippen LogP contribution in [0.15, 0.2) is 30.5 Å². The summed E-state index contributed by atoms with van der Waals surface area (Å²) >= 11 is 0. The number of hydrogen-bond donors (Lipinski definition) is 2. The molecule has 5 heteroatoms. The molecule has 1 aromatic heterocycles. The summed E-state index contributed by atoms with van der Waals surface area (Å²) in [5, 5.41) is 2.74. The van der Waals surface area contributed by atoms with Crippen LogP contribution in [0, 0.1) is 0 Å². The quantitative estimate of drug-likeness (QED) is 0.730. The lowest BCUT2D eigenvalue weighted by Gasteiger charge is -2.18. The first-order valence-corrected chi connectivity index (χ1v) is 8.95. The van der Waals surface area contributed by atoms with Crippen LogP contribution in [0.4, 0.5) is 4.79 Å². The lowest BCUT2D eigenvalue weighted by atomic mass is 9.86. The Labute approximate surface area is 150 Å². The van der Waals surface area contributed by atoms with Gasteiger partial charge < -0.3 is 15.0 Å². The summed E-state index contributed by atoms with van der Waals surface area (Å²) in [6, 6.07) is 8.54. The SMILES string of the molecule is CCCCOC(=O)NCCc1ncc(-c2ccc(C(C)(C)C)cc2)[nH]1. The van der Waals surface area contributed by atoms with E-state index in [1.807, 2.05) is 6.20 Å². The smallest absolute Gasteiger partial charge is 0.407 e. The van der Waals surface area contributed by atoms with Crippen LogP contribution in [0.5, 0.6) is 0 Å². The van der Waals surface area contributed by atoms with Gasteiger partial charge in [-0.2, -0.15) is 0 Å². The highest BCUT2D eigenvalue weighted by atomic mass is 16.5. The summed E-state index contributed by atoms with van der Waals surface area (Å²) in [6.07, 6.45) is 4.02. The van der Waals surface area contributed by atoms with E-state index in [0.717, 1.165) is 29.9 Å². The van der Waals surface area contributed by atoms with Crippen molar-refractivity contribution in [3.63, 3.8) is 0 Å². The minimum atomic E-state index is -0.363. The molecule has 1 amide bonds. The average Bonchev–Trinajstić information content (AvgIpc) is 3.03. The fraction of sp³-hybridized carbons (Fsp3) is 0.500. The Hall–Kier alpha value is -2.30. The topological polar surface area (TPSA) is 67.0 Å². The molecule has 2 rings (SSSR count). The second kappa shape index (κ2) is 8.70. The highest BCUT2D eigenvalue weighted by Gasteiger charge is 2.13. The number of imidazole rings is 1. The Balaban J connectivity index is 1.85. The predicted octanol–water partition coefficient (Wildman–Crippen LogP) is 4.44. The summed E-state index contributed by atoms with van der Waals surface area (Å²) in [6.45, 7) is 9.65. The number of rotatable bonds is 7. The normalized spacial score (nSPS) is 11.4. The number of nitrogens with zero attached hydrogens (tertiary/aromatic N) is 1. The summed E-state index contributed by atoms with van der Waals surface area (Å²) in [4.78, 5) is 19.2. The van der Waals surface area contributed by atoms with Crippen molar-refractivity contribution >= 4 is 6.09 Å². The molecule has 0 unspecified atom stereocenters. The average molecular weight is 343 g/mol. The van der Waals surface area contributed by atoms with Gasteiger partial charge in [-0.05, 0) is 23.0 Å². The van der Waals surface area contributed by atoms with Crippen molar-refractivity contribution in [2.45, 2.75) is 52.4 Å². The van der Waals surface area contributed by atoms with Crippen molar-refractivity contribution in [2.24, 2.45) is 0 Å². The number of carbonyl (C=O) groups is 1. The number of unbranched alkanes of at least 4 members (excludes halogenated alkanes) is 1. The molecule has 136 valence electrons. The monoisotopic (exact) mass is 343 g/mol. The Morgan fingerprint density at radius 2 is 1.96 bits per heavy atom. The van der Waals surface area contributed by atoms with Crippen LogP contribution < -0.4 is 5.32 Å². The van der Waals surface area contributed by atoms with E-state index in [9.17, 15) is 4.79 Å². The molecule has 2 aromatic rings. The summed E-state index contributed by atoms with van der Waals surface area (Å²) in [5.74, 6) is 0.851. The van der Waals surface area contributed by atoms with Crippen LogP contribution >= 0.6 is 0 Å². The van der Waals surface area contributed by atoms with Crippen molar-refractivity contribution in [3.8, 4) is 11.3 Å². The number of amides is 1. The first-order valence-electron chi connectivity index (χ1n) is 8.95. The van der Waals surface area contributed by atoms with Gasteiger partial charge >= 0.3 is 6.09 Å². The van der Waals surface area contributed by atoms with Crippen molar-refractivity contribution in [1.82, 2.24) is 15.3 Å². The molecule has 0 aliphatic rings. The molecular formula is C20H29N3O2. The van der Waals surface area contributed by atoms with Gasteiger partial charge in [0.1, 0.15) is 5.82 Å². The van der Waals surface area contributed by atoms with Crippen LogP contribution in [0.1, 0.15) is 51.9 Å². The molecular weight excluding hydrogens is 314 g/mol. The van der Waals surface area contributed by atoms with E-state index in [0.29, 0.717) is 19.6 Å². The van der Waals surface area contributed by atoms with Crippen molar-refractivity contribution in [1.29, 1.82) is 0 Å². The molecule has 2 N–H and O–H groups in total. The van der Waals surface area contributed by atoms with Gasteiger partial charge in [-0.15, -0.1) is 0 Å². The van der Waals surface area contributed by atoms with Crippen LogP contribution in [-0.4, -0.2) is 29.2 Å². The van der Waals surface area contributed by atoms with Gasteiger partial charge in [0, 0.05) is 13.0 Å². The molecule has 25 heavy (non-hydrogen) atoms. The van der Waals surface area contributed by atoms with E-state index in [1.54, 1.807) is 0 Å². The van der Waals surface area contributed by atoms with E-state index < -0.39 is 0 Å². The zero-order chi connectivity index (χ0) is 18.3. The zero-order valence-electron chi connectivity index (χ0n) is 15.7. The van der Waals surface area contributed by atoms with Crippen LogP contribution in [-0.2, 0) is 16.6 Å². The molecule has 1 aromatic carbocycles. The summed E-state index contributed by atoms with van der Waals surface area (Å²) in [5.41, 5.74) is 3.55. The number of H-pyrrole nitrogens is 1. The third-order valence-electron chi connectivity index (χ3n) is 4.05.